The number of hydrogen-bond donors (Lipinski definition) is 0. The van der Waals surface area contributed by atoms with E-state index in [1.54, 1.807) is 16.8 Å². The van der Waals surface area contributed by atoms with Gasteiger partial charge in [0.25, 0.3) is 0 Å². The topological polar surface area (TPSA) is 59.4 Å². The van der Waals surface area contributed by atoms with Crippen LogP contribution in [0.4, 0.5) is 0 Å². The SMILES string of the molecule is CC(C)N(Cc1ccccc1)C(=O)Cn1cc(S(=O)(=O)Cc2ccccc2)c2ccccc21. The third-order valence-electron chi connectivity index (χ3n) is 5.73. The van der Waals surface area contributed by atoms with Gasteiger partial charge in [0.2, 0.25) is 5.91 Å². The molecule has 33 heavy (non-hydrogen) atoms. The van der Waals surface area contributed by atoms with Gasteiger partial charge in [0.15, 0.2) is 9.84 Å². The number of fused-ring (bicyclic) bond motifs is 1. The molecule has 0 aliphatic heterocycles. The van der Waals surface area contributed by atoms with Gasteiger partial charge in [-0.3, -0.25) is 4.79 Å². The van der Waals surface area contributed by atoms with Crippen LogP contribution in [0.25, 0.3) is 10.9 Å². The van der Waals surface area contributed by atoms with Gasteiger partial charge in [-0.2, -0.15) is 0 Å². The van der Waals surface area contributed by atoms with Gasteiger partial charge in [-0.15, -0.1) is 0 Å². The average molecular weight is 461 g/mol. The highest BCUT2D eigenvalue weighted by Crippen LogP contribution is 2.28. The van der Waals surface area contributed by atoms with E-state index in [1.165, 1.54) is 0 Å². The Labute approximate surface area is 195 Å². The van der Waals surface area contributed by atoms with E-state index in [0.717, 1.165) is 16.6 Å². The second kappa shape index (κ2) is 9.63. The Balaban J connectivity index is 1.65. The van der Waals surface area contributed by atoms with Gasteiger partial charge in [-0.25, -0.2) is 8.42 Å². The lowest BCUT2D eigenvalue weighted by Crippen LogP contribution is -2.38. The minimum atomic E-state index is -3.59. The number of carbonyl (C=O) groups excluding carboxylic acids is 1. The zero-order chi connectivity index (χ0) is 23.4. The molecule has 0 bridgehead atoms. The Hall–Kier alpha value is -3.38. The summed E-state index contributed by atoms with van der Waals surface area (Å²) in [7, 11) is -3.59. The molecular weight excluding hydrogens is 432 g/mol. The van der Waals surface area contributed by atoms with E-state index in [2.05, 4.69) is 0 Å². The van der Waals surface area contributed by atoms with Crippen LogP contribution in [0.5, 0.6) is 0 Å². The summed E-state index contributed by atoms with van der Waals surface area (Å²) in [5.74, 6) is -0.135. The van der Waals surface area contributed by atoms with Crippen molar-refractivity contribution in [3.63, 3.8) is 0 Å². The number of nitrogens with zero attached hydrogens (tertiary/aromatic N) is 2. The fourth-order valence-corrected chi connectivity index (χ4v) is 5.62. The van der Waals surface area contributed by atoms with Gasteiger partial charge in [0, 0.05) is 29.7 Å². The second-order valence-corrected chi connectivity index (χ2v) is 10.4. The Bertz CT molecular complexity index is 1340. The predicted molar refractivity (Wildman–Crippen MR) is 131 cm³/mol. The Morgan fingerprint density at radius 2 is 1.42 bits per heavy atom. The molecule has 0 saturated heterocycles. The lowest BCUT2D eigenvalue weighted by molar-refractivity contribution is -0.134. The Morgan fingerprint density at radius 3 is 2.06 bits per heavy atom. The fourth-order valence-electron chi connectivity index (χ4n) is 4.04. The minimum Gasteiger partial charge on any atom is -0.337 e. The van der Waals surface area contributed by atoms with Crippen LogP contribution in [0.1, 0.15) is 25.0 Å². The molecule has 1 amide bonds. The third kappa shape index (κ3) is 5.17. The molecule has 170 valence electrons. The summed E-state index contributed by atoms with van der Waals surface area (Å²) in [6, 6.07) is 26.4. The third-order valence-corrected chi connectivity index (χ3v) is 7.44. The van der Waals surface area contributed by atoms with E-state index in [-0.39, 0.29) is 29.1 Å². The van der Waals surface area contributed by atoms with Crippen LogP contribution in [0.3, 0.4) is 0 Å². The van der Waals surface area contributed by atoms with Crippen molar-refractivity contribution in [2.45, 2.75) is 43.6 Å². The Kier molecular flexibility index (Phi) is 6.65. The molecule has 0 aliphatic rings. The number of carbonyl (C=O) groups is 1. The van der Waals surface area contributed by atoms with Crippen LogP contribution in [0.2, 0.25) is 0 Å². The van der Waals surface area contributed by atoms with Gasteiger partial charge >= 0.3 is 0 Å². The van der Waals surface area contributed by atoms with Crippen molar-refractivity contribution in [1.82, 2.24) is 9.47 Å². The number of hydrogen-bond acceptors (Lipinski definition) is 3. The van der Waals surface area contributed by atoms with Crippen LogP contribution in [-0.4, -0.2) is 29.8 Å². The number of aromatic nitrogens is 1. The monoisotopic (exact) mass is 460 g/mol. The molecule has 1 aromatic heterocycles. The molecule has 0 fully saturated rings. The van der Waals surface area contributed by atoms with Crippen LogP contribution in [0, 0.1) is 0 Å². The van der Waals surface area contributed by atoms with Gasteiger partial charge in [0.05, 0.1) is 10.6 Å². The minimum absolute atomic E-state index is 0.0146. The average Bonchev–Trinajstić information content (AvgIpc) is 3.18. The summed E-state index contributed by atoms with van der Waals surface area (Å²) < 4.78 is 28.3. The summed E-state index contributed by atoms with van der Waals surface area (Å²) in [6.07, 6.45) is 1.61. The summed E-state index contributed by atoms with van der Waals surface area (Å²) in [5, 5.41) is 0.639. The number of benzene rings is 3. The maximum Gasteiger partial charge on any atom is 0.243 e. The van der Waals surface area contributed by atoms with E-state index < -0.39 is 9.84 Å². The van der Waals surface area contributed by atoms with Crippen molar-refractivity contribution >= 4 is 26.6 Å². The molecule has 0 aliphatic carbocycles. The normalized spacial score (nSPS) is 11.7. The molecule has 0 N–H and O–H groups in total. The van der Waals surface area contributed by atoms with Crippen molar-refractivity contribution < 1.29 is 13.2 Å². The number of para-hydroxylation sites is 1. The number of amides is 1. The molecule has 0 spiro atoms. The molecule has 0 saturated carbocycles. The zero-order valence-electron chi connectivity index (χ0n) is 18.9. The fraction of sp³-hybridized carbons (Fsp3) is 0.222. The largest absolute Gasteiger partial charge is 0.337 e. The first kappa shape index (κ1) is 22.8. The molecule has 0 unspecified atom stereocenters. The van der Waals surface area contributed by atoms with Crippen molar-refractivity contribution in [1.29, 1.82) is 0 Å². The highest BCUT2D eigenvalue weighted by atomic mass is 32.2. The summed E-state index contributed by atoms with van der Waals surface area (Å²) in [5.41, 5.74) is 2.53. The first-order valence-corrected chi connectivity index (χ1v) is 12.7. The van der Waals surface area contributed by atoms with E-state index in [0.29, 0.717) is 11.9 Å². The van der Waals surface area contributed by atoms with Crippen molar-refractivity contribution in [3.05, 3.63) is 102 Å². The maximum absolute atomic E-state index is 13.3. The van der Waals surface area contributed by atoms with Gasteiger partial charge in [-0.05, 0) is 31.0 Å². The van der Waals surface area contributed by atoms with Crippen LogP contribution in [0.15, 0.2) is 96.0 Å². The summed E-state index contributed by atoms with van der Waals surface area (Å²) in [4.78, 5) is 15.4. The van der Waals surface area contributed by atoms with E-state index in [4.69, 9.17) is 0 Å². The van der Waals surface area contributed by atoms with Gasteiger partial charge in [0.1, 0.15) is 6.54 Å². The quantitative estimate of drug-likeness (QED) is 0.370. The molecule has 0 radical (unpaired) electrons. The second-order valence-electron chi connectivity index (χ2n) is 8.48. The Morgan fingerprint density at radius 1 is 0.848 bits per heavy atom. The molecule has 3 aromatic carbocycles. The van der Waals surface area contributed by atoms with E-state index in [9.17, 15) is 13.2 Å². The standard InChI is InChI=1S/C27H28N2O3S/c1-21(2)29(17-22-11-5-3-6-12-22)27(30)19-28-18-26(24-15-9-10-16-25(24)28)33(31,32)20-23-13-7-4-8-14-23/h3-16,18,21H,17,19-20H2,1-2H3. The number of sulfone groups is 1. The predicted octanol–water partition coefficient (Wildman–Crippen LogP) is 5.05. The van der Waals surface area contributed by atoms with Crippen molar-refractivity contribution in [3.8, 4) is 0 Å². The highest BCUT2D eigenvalue weighted by molar-refractivity contribution is 7.90. The highest BCUT2D eigenvalue weighted by Gasteiger charge is 2.24. The van der Waals surface area contributed by atoms with Crippen LogP contribution >= 0.6 is 0 Å². The lowest BCUT2D eigenvalue weighted by atomic mass is 10.2. The first-order chi connectivity index (χ1) is 15.8. The molecular formula is C27H28N2O3S. The molecule has 0 atom stereocenters. The van der Waals surface area contributed by atoms with Gasteiger partial charge in [-0.1, -0.05) is 78.9 Å². The van der Waals surface area contributed by atoms with E-state index >= 15 is 0 Å². The zero-order valence-corrected chi connectivity index (χ0v) is 19.7. The van der Waals surface area contributed by atoms with Gasteiger partial charge < -0.3 is 9.47 Å². The first-order valence-electron chi connectivity index (χ1n) is 11.0. The summed E-state index contributed by atoms with van der Waals surface area (Å²) >= 11 is 0. The molecule has 4 aromatic rings. The van der Waals surface area contributed by atoms with Crippen LogP contribution in [-0.2, 0) is 33.5 Å². The molecule has 4 rings (SSSR count). The maximum atomic E-state index is 13.3. The molecule has 6 heteroatoms. The lowest BCUT2D eigenvalue weighted by Gasteiger charge is -2.27. The van der Waals surface area contributed by atoms with Crippen molar-refractivity contribution in [2.75, 3.05) is 0 Å². The smallest absolute Gasteiger partial charge is 0.243 e. The summed E-state index contributed by atoms with van der Waals surface area (Å²) in [6.45, 7) is 4.57. The van der Waals surface area contributed by atoms with Crippen molar-refractivity contribution in [2.24, 2.45) is 0 Å². The van der Waals surface area contributed by atoms with E-state index in [1.807, 2.05) is 97.6 Å². The molecule has 1 heterocycles. The van der Waals surface area contributed by atoms with Crippen LogP contribution < -0.4 is 0 Å². The number of rotatable bonds is 8. The molecule has 5 nitrogen and oxygen atoms in total.